The van der Waals surface area contributed by atoms with Crippen molar-refractivity contribution in [1.29, 1.82) is 0 Å². The molecule has 114 heavy (non-hydrogen) atoms. The molecule has 2 heteroatoms. The summed E-state index contributed by atoms with van der Waals surface area (Å²) in [4.78, 5) is 0. The fourth-order valence-corrected chi connectivity index (χ4v) is 19.0. The summed E-state index contributed by atoms with van der Waals surface area (Å²) in [5.41, 5.74) is 55.6. The van der Waals surface area contributed by atoms with Crippen molar-refractivity contribution in [2.75, 3.05) is 0 Å². The lowest BCUT2D eigenvalue weighted by Crippen LogP contribution is -2.19. The summed E-state index contributed by atoms with van der Waals surface area (Å²) in [6.07, 6.45) is 12.0. The van der Waals surface area contributed by atoms with Crippen molar-refractivity contribution in [2.45, 2.75) is 189 Å². The van der Waals surface area contributed by atoms with Crippen molar-refractivity contribution in [3.63, 3.8) is 0 Å². The summed E-state index contributed by atoms with van der Waals surface area (Å²) >= 11 is 6.70. The molecule has 1 fully saturated rings. The zero-order chi connectivity index (χ0) is 84.1. The van der Waals surface area contributed by atoms with Crippen molar-refractivity contribution < 1.29 is 0 Å². The first-order valence-electron chi connectivity index (χ1n) is 40.7. The van der Waals surface area contributed by atoms with Gasteiger partial charge >= 0.3 is 0 Å². The van der Waals surface area contributed by atoms with Gasteiger partial charge in [-0.1, -0.05) is 231 Å². The number of halogens is 2. The van der Waals surface area contributed by atoms with E-state index in [1.54, 1.807) is 22.3 Å². The van der Waals surface area contributed by atoms with Crippen LogP contribution in [0.2, 0.25) is 0 Å². The van der Waals surface area contributed by atoms with Crippen LogP contribution >= 0.6 is 31.9 Å². The average molecular weight is 1630 g/mol. The number of hydrogen-bond donors (Lipinski definition) is 0. The second kappa shape index (κ2) is 34.6. The lowest BCUT2D eigenvalue weighted by molar-refractivity contribution is 0.682. The molecule has 0 aromatic heterocycles. The second-order valence-corrected chi connectivity index (χ2v) is 33.6. The standard InChI is InChI=1S/3C22H20.C14H22.C10H14.C8H12.C8H8.C6H4Br2/c3*1-9-10(2)18-15(7)16(8)20-12(4)11(3)19-14(6)13(5)17(9)21(18)22(19)20;1-5-11-9-13(7-3)14(8-4)10-12(11)6-2;1-3-9-7-5-6-8-10(9)4-2;2*1-7-5-3-4-6-8(7)2;7-5-3-1-2-4-6(5)8/h3*1-4H2,5-8H3;9-10H,5-8H2,1-4H3;5-8H,3-4H2,1-2H3;1-6H2;3-6H,1-2H2;1-4H. The molecule has 17 rings (SSSR count). The molecule has 7 aliphatic rings. The molecule has 0 heterocycles. The smallest absolute Gasteiger partial charge is 0.0317 e. The van der Waals surface area contributed by atoms with Crippen LogP contribution in [0.3, 0.4) is 0 Å². The summed E-state index contributed by atoms with van der Waals surface area (Å²) < 4.78 is 2.19. The van der Waals surface area contributed by atoms with E-state index in [0.717, 1.165) is 99.1 Å². The van der Waals surface area contributed by atoms with Crippen LogP contribution in [0.25, 0.3) is 112 Å². The summed E-state index contributed by atoms with van der Waals surface area (Å²) in [7, 11) is 0. The van der Waals surface area contributed by atoms with Gasteiger partial charge in [0, 0.05) is 8.95 Å². The van der Waals surface area contributed by atoms with Crippen LogP contribution < -0.4 is 10.4 Å². The summed E-state index contributed by atoms with van der Waals surface area (Å²) in [5, 5.41) is 9.96. The van der Waals surface area contributed by atoms with Gasteiger partial charge in [0.25, 0.3) is 0 Å². The first-order valence-corrected chi connectivity index (χ1v) is 42.3. The Kier molecular flexibility index (Phi) is 26.3. The third kappa shape index (κ3) is 14.7. The van der Waals surface area contributed by atoms with Gasteiger partial charge in [0.05, 0.1) is 0 Å². The molecule has 0 atom stereocenters. The fraction of sp³-hybridized carbons (Fsp3) is 0.250. The number of rotatable bonds is 6. The third-order valence-electron chi connectivity index (χ3n) is 26.0. The van der Waals surface area contributed by atoms with Crippen LogP contribution in [0.5, 0.6) is 0 Å². The monoisotopic (exact) mass is 1620 g/mol. The lowest BCUT2D eigenvalue weighted by Gasteiger charge is -2.15. The van der Waals surface area contributed by atoms with E-state index >= 15 is 0 Å². The van der Waals surface area contributed by atoms with Gasteiger partial charge in [-0.2, -0.15) is 0 Å². The van der Waals surface area contributed by atoms with Crippen LogP contribution in [0.1, 0.15) is 234 Å². The van der Waals surface area contributed by atoms with Gasteiger partial charge in [0.1, 0.15) is 0 Å². The first-order chi connectivity index (χ1) is 53.9. The summed E-state index contributed by atoms with van der Waals surface area (Å²) in [5.74, 6) is 0. The Morgan fingerprint density at radius 2 is 0.368 bits per heavy atom. The molecule has 0 spiro atoms. The van der Waals surface area contributed by atoms with Gasteiger partial charge < -0.3 is 0 Å². The van der Waals surface area contributed by atoms with Crippen LogP contribution in [0.4, 0.5) is 0 Å². The molecular formula is C112H120Br2. The minimum Gasteiger partial charge on any atom is -0.0956 e. The quantitative estimate of drug-likeness (QED) is 0.156. The maximum absolute atomic E-state index is 4.32. The molecule has 0 aliphatic heterocycles. The van der Waals surface area contributed by atoms with E-state index in [-0.39, 0.29) is 0 Å². The lowest BCUT2D eigenvalue weighted by atomic mass is 9.88. The third-order valence-corrected chi connectivity index (χ3v) is 27.9. The molecule has 1 saturated carbocycles. The highest BCUT2D eigenvalue weighted by atomic mass is 79.9. The Hall–Kier alpha value is -9.96. The van der Waals surface area contributed by atoms with E-state index < -0.39 is 0 Å². The van der Waals surface area contributed by atoms with Crippen LogP contribution in [-0.4, -0.2) is 0 Å². The van der Waals surface area contributed by atoms with Crippen LogP contribution in [0, 0.1) is 83.1 Å². The molecule has 0 radical (unpaired) electrons. The van der Waals surface area contributed by atoms with Crippen molar-refractivity contribution in [2.24, 2.45) is 0 Å². The van der Waals surface area contributed by atoms with Crippen molar-refractivity contribution in [3.8, 4) is 0 Å². The normalized spacial score (nSPS) is 14.0. The zero-order valence-electron chi connectivity index (χ0n) is 72.2. The van der Waals surface area contributed by atoms with Crippen LogP contribution in [0.15, 0.2) is 197 Å². The average Bonchev–Trinajstić information content (AvgIpc) is 1.54. The predicted molar refractivity (Wildman–Crippen MR) is 522 cm³/mol. The molecule has 0 unspecified atom stereocenters. The maximum atomic E-state index is 4.32. The van der Waals surface area contributed by atoms with E-state index in [4.69, 9.17) is 0 Å². The van der Waals surface area contributed by atoms with Crippen LogP contribution in [-0.2, 0) is 38.5 Å². The van der Waals surface area contributed by atoms with Crippen molar-refractivity contribution >= 4 is 144 Å². The minimum atomic E-state index is 1.01. The maximum Gasteiger partial charge on any atom is 0.0317 e. The number of hydrogen-bond acceptors (Lipinski definition) is 0. The molecule has 0 N–H and O–H groups in total. The molecule has 0 amide bonds. The number of benzene rings is 10. The van der Waals surface area contributed by atoms with Gasteiger partial charge in [-0.3, -0.25) is 0 Å². The Bertz CT molecular complexity index is 5100. The zero-order valence-corrected chi connectivity index (χ0v) is 75.4. The summed E-state index contributed by atoms with van der Waals surface area (Å²) in [6.45, 7) is 107. The molecular weight excluding hydrogens is 1510 g/mol. The van der Waals surface area contributed by atoms with E-state index in [1.165, 1.54) is 239 Å². The van der Waals surface area contributed by atoms with Gasteiger partial charge in [-0.25, -0.2) is 0 Å². The van der Waals surface area contributed by atoms with E-state index in [0.29, 0.717) is 0 Å². The molecule has 0 nitrogen and oxygen atoms in total. The molecule has 10 aromatic rings. The molecule has 7 aliphatic carbocycles. The van der Waals surface area contributed by atoms with Gasteiger partial charge in [-0.15, -0.1) is 0 Å². The molecule has 582 valence electrons. The van der Waals surface area contributed by atoms with Gasteiger partial charge in [0.15, 0.2) is 0 Å². The van der Waals surface area contributed by atoms with Crippen molar-refractivity contribution in [3.05, 3.63) is 374 Å². The van der Waals surface area contributed by atoms with E-state index in [2.05, 4.69) is 298 Å². The number of aryl methyl sites for hydroxylation is 6. The highest BCUT2D eigenvalue weighted by Crippen LogP contribution is 2.61. The number of allylic oxidation sites excluding steroid dienone is 14. The Morgan fingerprint density at radius 1 is 0.219 bits per heavy atom. The molecule has 10 aromatic carbocycles. The second-order valence-electron chi connectivity index (χ2n) is 31.9. The minimum absolute atomic E-state index is 1.01. The van der Waals surface area contributed by atoms with E-state index in [9.17, 15) is 0 Å². The molecule has 0 saturated heterocycles. The fourth-order valence-electron chi connectivity index (χ4n) is 18.5. The SMILES string of the molecule is Brc1ccccc1Br.C=C1C(=C)c2c(C)c(C)c3c4c(c(C)c(C)c1c24)C(=C)C3=C.C=C1C(=C)c2c(C)c(C)c3c4c(c(C)c(C)c1c24)C(=C)C3=C.C=C1C(=C)c2c(C)c(C)c3c4c(c(C)c(C)c1c24)C(=C)C3=C.C=C1CCCCC1=C.C=c1ccccc1=C.CCc1cc(CC)c(CC)cc1CC.CCc1ccccc1CC. The Balaban J connectivity index is 0.000000143. The largest absolute Gasteiger partial charge is 0.0956 e. The van der Waals surface area contributed by atoms with Gasteiger partial charge in [-0.05, 0) is 468 Å². The molecule has 0 bridgehead atoms. The highest BCUT2D eigenvalue weighted by molar-refractivity contribution is 9.13. The summed E-state index contributed by atoms with van der Waals surface area (Å²) in [6, 6.07) is 29.2. The van der Waals surface area contributed by atoms with E-state index in [1.807, 2.05) is 48.5 Å². The highest BCUT2D eigenvalue weighted by Gasteiger charge is 2.39. The Morgan fingerprint density at radius 3 is 0.500 bits per heavy atom. The van der Waals surface area contributed by atoms with Crippen molar-refractivity contribution in [1.82, 2.24) is 0 Å². The predicted octanol–water partition coefficient (Wildman–Crippen LogP) is 31.6. The first kappa shape index (κ1) is 86.4. The van der Waals surface area contributed by atoms with Gasteiger partial charge in [0.2, 0.25) is 0 Å². The Labute approximate surface area is 702 Å². The topological polar surface area (TPSA) is 0 Å².